The molecule has 128 valence electrons. The second-order valence-corrected chi connectivity index (χ2v) is 6.77. The first-order valence-electron chi connectivity index (χ1n) is 7.19. The third-order valence-electron chi connectivity index (χ3n) is 3.01. The first kappa shape index (κ1) is 19.2. The molecular weight excluding hydrogens is 379 g/mol. The Hall–Kier alpha value is -2.13. The Balaban J connectivity index is 1.78. The van der Waals surface area contributed by atoms with Gasteiger partial charge >= 0.3 is 0 Å². The fraction of sp³-hybridized carbons (Fsp3) is 0.111. The molecule has 0 aliphatic rings. The van der Waals surface area contributed by atoms with Gasteiger partial charge in [-0.05, 0) is 36.4 Å². The largest absolute Gasteiger partial charge is 0.346 e. The van der Waals surface area contributed by atoms with Gasteiger partial charge in [0.05, 0.1) is 17.3 Å². The van der Waals surface area contributed by atoms with Crippen LogP contribution in [0.1, 0.15) is 5.56 Å². The van der Waals surface area contributed by atoms with Gasteiger partial charge in [-0.2, -0.15) is 0 Å². The van der Waals surface area contributed by atoms with Gasteiger partial charge in [0.25, 0.3) is 0 Å². The lowest BCUT2D eigenvalue weighted by molar-refractivity contribution is -0.122. The molecule has 25 heavy (non-hydrogen) atoms. The third-order valence-corrected chi connectivity index (χ3v) is 4.74. The van der Waals surface area contributed by atoms with Crippen LogP contribution in [0.2, 0.25) is 10.0 Å². The van der Waals surface area contributed by atoms with Crippen molar-refractivity contribution in [3.05, 3.63) is 58.1 Å². The molecule has 0 heterocycles. The van der Waals surface area contributed by atoms with E-state index in [1.165, 1.54) is 11.8 Å². The van der Waals surface area contributed by atoms with Crippen LogP contribution in [0, 0.1) is 12.3 Å². The summed E-state index contributed by atoms with van der Waals surface area (Å²) in [7, 11) is 0. The number of carbonyl (C=O) groups is 2. The fourth-order valence-electron chi connectivity index (χ4n) is 1.85. The molecule has 0 radical (unpaired) electrons. The summed E-state index contributed by atoms with van der Waals surface area (Å²) in [6, 6.07) is 11.9. The van der Waals surface area contributed by atoms with Crippen molar-refractivity contribution in [3.8, 4) is 12.3 Å². The van der Waals surface area contributed by atoms with Crippen molar-refractivity contribution in [1.29, 1.82) is 0 Å². The van der Waals surface area contributed by atoms with Crippen molar-refractivity contribution in [2.24, 2.45) is 0 Å². The normalized spacial score (nSPS) is 9.96. The molecule has 2 aromatic rings. The first-order chi connectivity index (χ1) is 12.0. The van der Waals surface area contributed by atoms with Crippen LogP contribution < -0.4 is 10.6 Å². The number of hydrogen-bond acceptors (Lipinski definition) is 3. The number of thioether (sulfide) groups is 1. The van der Waals surface area contributed by atoms with E-state index in [-0.39, 0.29) is 24.1 Å². The van der Waals surface area contributed by atoms with Gasteiger partial charge in [-0.1, -0.05) is 35.2 Å². The molecule has 2 N–H and O–H groups in total. The van der Waals surface area contributed by atoms with Crippen LogP contribution in [0.25, 0.3) is 0 Å². The summed E-state index contributed by atoms with van der Waals surface area (Å²) >= 11 is 13.2. The maximum atomic E-state index is 11.9. The molecule has 0 aliphatic carbocycles. The van der Waals surface area contributed by atoms with Crippen LogP contribution in [0.4, 0.5) is 5.69 Å². The lowest BCUT2D eigenvalue weighted by atomic mass is 10.2. The number of terminal acetylenes is 1. The van der Waals surface area contributed by atoms with Crippen molar-refractivity contribution in [2.75, 3.05) is 17.6 Å². The standard InChI is InChI=1S/C18H14Cl2N2O2S/c1-2-12-4-3-5-14(8-12)22-17(23)10-21-18(24)11-25-16-9-13(19)6-7-15(16)20/h1,3-9H,10-11H2,(H,21,24)(H,22,23). The summed E-state index contributed by atoms with van der Waals surface area (Å²) in [6.45, 7) is -0.136. The lowest BCUT2D eigenvalue weighted by Gasteiger charge is -2.08. The summed E-state index contributed by atoms with van der Waals surface area (Å²) in [4.78, 5) is 24.4. The van der Waals surface area contributed by atoms with Gasteiger partial charge in [0.2, 0.25) is 11.8 Å². The summed E-state index contributed by atoms with van der Waals surface area (Å²) in [5.74, 6) is 1.99. The molecule has 0 spiro atoms. The highest BCUT2D eigenvalue weighted by Crippen LogP contribution is 2.29. The highest BCUT2D eigenvalue weighted by Gasteiger charge is 2.09. The van der Waals surface area contributed by atoms with Crippen molar-refractivity contribution >= 4 is 52.5 Å². The highest BCUT2D eigenvalue weighted by molar-refractivity contribution is 8.00. The minimum atomic E-state index is -0.340. The Morgan fingerprint density at radius 1 is 1.12 bits per heavy atom. The van der Waals surface area contributed by atoms with E-state index in [4.69, 9.17) is 29.6 Å². The van der Waals surface area contributed by atoms with Crippen molar-refractivity contribution in [3.63, 3.8) is 0 Å². The summed E-state index contributed by atoms with van der Waals surface area (Å²) < 4.78 is 0. The van der Waals surface area contributed by atoms with E-state index in [1.807, 2.05) is 0 Å². The van der Waals surface area contributed by atoms with E-state index < -0.39 is 0 Å². The summed E-state index contributed by atoms with van der Waals surface area (Å²) in [5.41, 5.74) is 1.24. The van der Waals surface area contributed by atoms with Gasteiger partial charge in [0.1, 0.15) is 0 Å². The number of nitrogens with one attached hydrogen (secondary N) is 2. The second kappa shape index (κ2) is 9.38. The minimum absolute atomic E-state index is 0.125. The van der Waals surface area contributed by atoms with Crippen molar-refractivity contribution < 1.29 is 9.59 Å². The summed E-state index contributed by atoms with van der Waals surface area (Å²) in [5, 5.41) is 6.28. The Morgan fingerprint density at radius 3 is 2.68 bits per heavy atom. The van der Waals surface area contributed by atoms with Gasteiger partial charge < -0.3 is 10.6 Å². The van der Waals surface area contributed by atoms with Crippen LogP contribution in [0.15, 0.2) is 47.4 Å². The summed E-state index contributed by atoms with van der Waals surface area (Å²) in [6.07, 6.45) is 5.31. The second-order valence-electron chi connectivity index (χ2n) is 4.91. The molecule has 0 atom stereocenters. The van der Waals surface area contributed by atoms with Crippen molar-refractivity contribution in [2.45, 2.75) is 4.90 Å². The molecular formula is C18H14Cl2N2O2S. The van der Waals surface area contributed by atoms with E-state index >= 15 is 0 Å². The Labute approximate surface area is 160 Å². The van der Waals surface area contributed by atoms with Gasteiger partial charge in [0, 0.05) is 21.2 Å². The molecule has 0 aliphatic heterocycles. The number of benzene rings is 2. The number of rotatable bonds is 6. The first-order valence-corrected chi connectivity index (χ1v) is 8.93. The van der Waals surface area contributed by atoms with Crippen LogP contribution in [0.3, 0.4) is 0 Å². The molecule has 0 fully saturated rings. The SMILES string of the molecule is C#Cc1cccc(NC(=O)CNC(=O)CSc2cc(Cl)ccc2Cl)c1. The molecule has 0 saturated carbocycles. The molecule has 0 unspecified atom stereocenters. The Kier molecular flexibility index (Phi) is 7.20. The molecule has 7 heteroatoms. The predicted molar refractivity (Wildman–Crippen MR) is 103 cm³/mol. The zero-order chi connectivity index (χ0) is 18.2. The molecule has 2 rings (SSSR count). The minimum Gasteiger partial charge on any atom is -0.346 e. The quantitative estimate of drug-likeness (QED) is 0.580. The molecule has 0 saturated heterocycles. The smallest absolute Gasteiger partial charge is 0.243 e. The van der Waals surface area contributed by atoms with Gasteiger partial charge in [-0.15, -0.1) is 18.2 Å². The van der Waals surface area contributed by atoms with Gasteiger partial charge in [0.15, 0.2) is 0 Å². The lowest BCUT2D eigenvalue weighted by Crippen LogP contribution is -2.33. The highest BCUT2D eigenvalue weighted by atomic mass is 35.5. The number of amides is 2. The van der Waals surface area contributed by atoms with Crippen LogP contribution in [-0.4, -0.2) is 24.1 Å². The fourth-order valence-corrected chi connectivity index (χ4v) is 3.18. The Morgan fingerprint density at radius 2 is 1.92 bits per heavy atom. The number of halogens is 2. The monoisotopic (exact) mass is 392 g/mol. The van der Waals surface area contributed by atoms with Crippen molar-refractivity contribution in [1.82, 2.24) is 5.32 Å². The zero-order valence-corrected chi connectivity index (χ0v) is 15.3. The van der Waals surface area contributed by atoms with E-state index in [9.17, 15) is 9.59 Å². The van der Waals surface area contributed by atoms with E-state index in [1.54, 1.807) is 42.5 Å². The molecule has 4 nitrogen and oxygen atoms in total. The van der Waals surface area contributed by atoms with Crippen LogP contribution >= 0.6 is 35.0 Å². The molecule has 0 aromatic heterocycles. The van der Waals surface area contributed by atoms with Crippen LogP contribution in [0.5, 0.6) is 0 Å². The molecule has 0 bridgehead atoms. The average molecular weight is 393 g/mol. The zero-order valence-electron chi connectivity index (χ0n) is 13.0. The van der Waals surface area contributed by atoms with Crippen LogP contribution in [-0.2, 0) is 9.59 Å². The topological polar surface area (TPSA) is 58.2 Å². The number of hydrogen-bond donors (Lipinski definition) is 2. The molecule has 2 amide bonds. The van der Waals surface area contributed by atoms with Gasteiger partial charge in [-0.25, -0.2) is 0 Å². The molecule has 2 aromatic carbocycles. The van der Waals surface area contributed by atoms with Gasteiger partial charge in [-0.3, -0.25) is 9.59 Å². The Bertz CT molecular complexity index is 834. The maximum absolute atomic E-state index is 11.9. The maximum Gasteiger partial charge on any atom is 0.243 e. The van der Waals surface area contributed by atoms with E-state index in [0.29, 0.717) is 26.2 Å². The number of carbonyl (C=O) groups excluding carboxylic acids is 2. The number of anilines is 1. The average Bonchev–Trinajstić information content (AvgIpc) is 2.61. The third kappa shape index (κ3) is 6.35. The predicted octanol–water partition coefficient (Wildman–Crippen LogP) is 3.82. The van der Waals surface area contributed by atoms with E-state index in [2.05, 4.69) is 16.6 Å². The van der Waals surface area contributed by atoms with E-state index in [0.717, 1.165) is 0 Å².